The summed E-state index contributed by atoms with van der Waals surface area (Å²) in [6.45, 7) is 3.83. The lowest BCUT2D eigenvalue weighted by atomic mass is 10.2. The molecule has 1 aliphatic rings. The van der Waals surface area contributed by atoms with Crippen molar-refractivity contribution in [1.29, 1.82) is 0 Å². The van der Waals surface area contributed by atoms with Gasteiger partial charge in [-0.15, -0.1) is 11.3 Å². The van der Waals surface area contributed by atoms with Gasteiger partial charge in [0.1, 0.15) is 17.0 Å². The summed E-state index contributed by atoms with van der Waals surface area (Å²) in [5.74, 6) is 2.29. The van der Waals surface area contributed by atoms with Crippen molar-refractivity contribution in [2.24, 2.45) is 0 Å². The molecule has 1 atom stereocenters. The van der Waals surface area contributed by atoms with E-state index in [4.69, 9.17) is 15.2 Å². The Balaban J connectivity index is 1.39. The maximum Gasteiger partial charge on any atom is 0.260 e. The number of ether oxygens (including phenoxy) is 2. The summed E-state index contributed by atoms with van der Waals surface area (Å²) in [7, 11) is 1.61. The Morgan fingerprint density at radius 1 is 1.24 bits per heavy atom. The number of nitrogen functional groups attached to an aromatic ring is 1. The van der Waals surface area contributed by atoms with E-state index in [9.17, 15) is 4.79 Å². The zero-order chi connectivity index (χ0) is 20.4. The van der Waals surface area contributed by atoms with E-state index in [0.29, 0.717) is 25.4 Å². The number of thiazole rings is 1. The van der Waals surface area contributed by atoms with E-state index >= 15 is 0 Å². The first-order valence-corrected chi connectivity index (χ1v) is 10.1. The number of rotatable bonds is 5. The largest absolute Gasteiger partial charge is 0.497 e. The van der Waals surface area contributed by atoms with Gasteiger partial charge in [-0.2, -0.15) is 4.98 Å². The first-order chi connectivity index (χ1) is 14.0. The smallest absolute Gasteiger partial charge is 0.260 e. The second kappa shape index (κ2) is 8.08. The van der Waals surface area contributed by atoms with Crippen LogP contribution in [0.2, 0.25) is 0 Å². The fraction of sp³-hybridized carbons (Fsp3) is 0.368. The molecule has 4 rings (SSSR count). The molecule has 0 bridgehead atoms. The SMILES string of the molecule is COc1ccc(OCC(=O)N2CCN(c3nc(N)nc4scnc34)[C@@H](C)C2)cc1. The molecule has 1 fully saturated rings. The fourth-order valence-corrected chi connectivity index (χ4v) is 4.03. The zero-order valence-corrected chi connectivity index (χ0v) is 17.1. The number of hydrogen-bond acceptors (Lipinski definition) is 9. The van der Waals surface area contributed by atoms with Gasteiger partial charge in [0.2, 0.25) is 5.95 Å². The molecule has 29 heavy (non-hydrogen) atoms. The zero-order valence-electron chi connectivity index (χ0n) is 16.2. The minimum atomic E-state index is -0.0478. The van der Waals surface area contributed by atoms with Crippen molar-refractivity contribution in [2.45, 2.75) is 13.0 Å². The Kier molecular flexibility index (Phi) is 5.34. The normalized spacial score (nSPS) is 16.8. The van der Waals surface area contributed by atoms with E-state index in [-0.39, 0.29) is 24.5 Å². The molecule has 0 radical (unpaired) electrons. The molecule has 2 aromatic heterocycles. The van der Waals surface area contributed by atoms with Crippen molar-refractivity contribution in [1.82, 2.24) is 19.9 Å². The molecule has 1 aliphatic heterocycles. The number of piperazine rings is 1. The Bertz CT molecular complexity index is 1010. The van der Waals surface area contributed by atoms with E-state index in [1.165, 1.54) is 11.3 Å². The van der Waals surface area contributed by atoms with E-state index < -0.39 is 0 Å². The summed E-state index contributed by atoms with van der Waals surface area (Å²) in [6.07, 6.45) is 0. The number of methoxy groups -OCH3 is 1. The maximum absolute atomic E-state index is 12.6. The van der Waals surface area contributed by atoms with E-state index in [1.807, 2.05) is 4.90 Å². The third-order valence-electron chi connectivity index (χ3n) is 4.87. The summed E-state index contributed by atoms with van der Waals surface area (Å²) in [5, 5.41) is 0. The van der Waals surface area contributed by atoms with Crippen LogP contribution in [-0.4, -0.2) is 65.2 Å². The molecule has 152 valence electrons. The summed E-state index contributed by atoms with van der Waals surface area (Å²) < 4.78 is 10.7. The van der Waals surface area contributed by atoms with Crippen LogP contribution in [0.25, 0.3) is 10.3 Å². The van der Waals surface area contributed by atoms with Gasteiger partial charge < -0.3 is 25.0 Å². The van der Waals surface area contributed by atoms with Crippen molar-refractivity contribution in [3.05, 3.63) is 29.8 Å². The molecule has 0 aliphatic carbocycles. The molecule has 0 unspecified atom stereocenters. The quantitative estimate of drug-likeness (QED) is 0.673. The van der Waals surface area contributed by atoms with Gasteiger partial charge in [0.15, 0.2) is 17.3 Å². The average Bonchev–Trinajstić information content (AvgIpc) is 3.20. The summed E-state index contributed by atoms with van der Waals surface area (Å²) in [4.78, 5) is 30.3. The number of anilines is 2. The molecule has 0 spiro atoms. The van der Waals surface area contributed by atoms with Crippen LogP contribution in [0.5, 0.6) is 11.5 Å². The molecule has 1 aromatic carbocycles. The minimum absolute atomic E-state index is 0.00413. The standard InChI is InChI=1S/C19H22N6O3S/c1-12-9-24(15(26)10-28-14-5-3-13(27-2)4-6-14)7-8-25(12)17-16-18(29-11-21-16)23-19(20)22-17/h3-6,11-12H,7-10H2,1-2H3,(H2,20,22,23)/t12-/m0/s1. The second-order valence-electron chi connectivity index (χ2n) is 6.76. The van der Waals surface area contributed by atoms with Crippen LogP contribution in [0.1, 0.15) is 6.92 Å². The Hall–Kier alpha value is -3.14. The van der Waals surface area contributed by atoms with Gasteiger partial charge in [-0.05, 0) is 31.2 Å². The van der Waals surface area contributed by atoms with Gasteiger partial charge in [-0.1, -0.05) is 0 Å². The average molecular weight is 414 g/mol. The molecule has 9 nitrogen and oxygen atoms in total. The minimum Gasteiger partial charge on any atom is -0.497 e. The van der Waals surface area contributed by atoms with Crippen LogP contribution in [-0.2, 0) is 4.79 Å². The number of nitrogens with two attached hydrogens (primary N) is 1. The molecular formula is C19H22N6O3S. The predicted octanol–water partition coefficient (Wildman–Crippen LogP) is 1.79. The topological polar surface area (TPSA) is 107 Å². The highest BCUT2D eigenvalue weighted by Crippen LogP contribution is 2.28. The van der Waals surface area contributed by atoms with Crippen molar-refractivity contribution in [3.8, 4) is 11.5 Å². The van der Waals surface area contributed by atoms with Gasteiger partial charge in [0, 0.05) is 25.7 Å². The summed E-state index contributed by atoms with van der Waals surface area (Å²) in [5.41, 5.74) is 8.35. The predicted molar refractivity (Wildman–Crippen MR) is 111 cm³/mol. The summed E-state index contributed by atoms with van der Waals surface area (Å²) in [6, 6.07) is 7.23. The van der Waals surface area contributed by atoms with Crippen LogP contribution < -0.4 is 20.1 Å². The lowest BCUT2D eigenvalue weighted by Gasteiger charge is -2.40. The number of amides is 1. The molecule has 0 saturated carbocycles. The Labute approximate surface area is 172 Å². The van der Waals surface area contributed by atoms with Gasteiger partial charge >= 0.3 is 0 Å². The lowest BCUT2D eigenvalue weighted by Crippen LogP contribution is -2.55. The number of nitrogens with zero attached hydrogens (tertiary/aromatic N) is 5. The molecule has 10 heteroatoms. The molecule has 1 saturated heterocycles. The highest BCUT2D eigenvalue weighted by molar-refractivity contribution is 7.16. The van der Waals surface area contributed by atoms with Crippen LogP contribution in [0.15, 0.2) is 29.8 Å². The summed E-state index contributed by atoms with van der Waals surface area (Å²) >= 11 is 1.44. The van der Waals surface area contributed by atoms with Crippen molar-refractivity contribution in [3.63, 3.8) is 0 Å². The highest BCUT2D eigenvalue weighted by Gasteiger charge is 2.29. The molecule has 1 amide bonds. The van der Waals surface area contributed by atoms with Gasteiger partial charge in [-0.25, -0.2) is 9.97 Å². The molecule has 2 N–H and O–H groups in total. The van der Waals surface area contributed by atoms with E-state index in [0.717, 1.165) is 21.9 Å². The second-order valence-corrected chi connectivity index (χ2v) is 7.59. The number of aromatic nitrogens is 3. The van der Waals surface area contributed by atoms with Crippen LogP contribution in [0, 0.1) is 0 Å². The van der Waals surface area contributed by atoms with Crippen LogP contribution in [0.4, 0.5) is 11.8 Å². The third-order valence-corrected chi connectivity index (χ3v) is 5.59. The highest BCUT2D eigenvalue weighted by atomic mass is 32.1. The number of benzene rings is 1. The first kappa shape index (κ1) is 19.2. The number of carbonyl (C=O) groups is 1. The van der Waals surface area contributed by atoms with Crippen molar-refractivity contribution >= 4 is 39.4 Å². The molecular weight excluding hydrogens is 392 g/mol. The van der Waals surface area contributed by atoms with Gasteiger partial charge in [0.25, 0.3) is 5.91 Å². The monoisotopic (exact) mass is 414 g/mol. The van der Waals surface area contributed by atoms with Crippen LogP contribution in [0.3, 0.4) is 0 Å². The van der Waals surface area contributed by atoms with Crippen molar-refractivity contribution < 1.29 is 14.3 Å². The Morgan fingerprint density at radius 3 is 2.72 bits per heavy atom. The Morgan fingerprint density at radius 2 is 2.00 bits per heavy atom. The fourth-order valence-electron chi connectivity index (χ4n) is 3.37. The molecule has 3 heterocycles. The van der Waals surface area contributed by atoms with E-state index in [1.54, 1.807) is 36.9 Å². The van der Waals surface area contributed by atoms with Gasteiger partial charge in [0.05, 0.1) is 12.6 Å². The van der Waals surface area contributed by atoms with E-state index in [2.05, 4.69) is 26.8 Å². The number of hydrogen-bond donors (Lipinski definition) is 1. The van der Waals surface area contributed by atoms with Crippen LogP contribution >= 0.6 is 11.3 Å². The number of carbonyl (C=O) groups excluding carboxylic acids is 1. The molecule has 3 aromatic rings. The maximum atomic E-state index is 12.6. The first-order valence-electron chi connectivity index (χ1n) is 9.23. The van der Waals surface area contributed by atoms with Gasteiger partial charge in [-0.3, -0.25) is 4.79 Å². The van der Waals surface area contributed by atoms with Crippen molar-refractivity contribution in [2.75, 3.05) is 44.0 Å². The third kappa shape index (κ3) is 4.02. The lowest BCUT2D eigenvalue weighted by molar-refractivity contribution is -0.134. The number of fused-ring (bicyclic) bond motifs is 1.